The van der Waals surface area contributed by atoms with E-state index in [1.165, 1.54) is 24.3 Å². The molecule has 0 atom stereocenters. The zero-order valence-electron chi connectivity index (χ0n) is 15.4. The van der Waals surface area contributed by atoms with Gasteiger partial charge in [0.05, 0.1) is 5.56 Å². The third-order valence-electron chi connectivity index (χ3n) is 4.45. The number of hydrogen-bond acceptors (Lipinski definition) is 3. The van der Waals surface area contributed by atoms with Gasteiger partial charge in [-0.15, -0.1) is 10.2 Å². The molecule has 0 unspecified atom stereocenters. The number of halogens is 3. The van der Waals surface area contributed by atoms with Gasteiger partial charge in [0.2, 0.25) is 0 Å². The molecule has 0 aliphatic heterocycles. The van der Waals surface area contributed by atoms with Crippen LogP contribution in [0.1, 0.15) is 11.1 Å². The Bertz CT molecular complexity index is 1140. The second-order valence-corrected chi connectivity index (χ2v) is 7.39. The van der Waals surface area contributed by atoms with Crippen LogP contribution >= 0.6 is 11.8 Å². The predicted molar refractivity (Wildman–Crippen MR) is 107 cm³/mol. The Morgan fingerprint density at radius 3 is 2.14 bits per heavy atom. The van der Waals surface area contributed by atoms with E-state index in [1.54, 1.807) is 22.8 Å². The van der Waals surface area contributed by atoms with Crippen molar-refractivity contribution in [3.05, 3.63) is 95.3 Å². The van der Waals surface area contributed by atoms with Gasteiger partial charge in [0.25, 0.3) is 0 Å². The third kappa shape index (κ3) is 3.91. The minimum Gasteiger partial charge on any atom is -0.270 e. The van der Waals surface area contributed by atoms with Crippen molar-refractivity contribution in [2.75, 3.05) is 0 Å². The number of aromatic nitrogens is 3. The van der Waals surface area contributed by atoms with Crippen molar-refractivity contribution >= 4 is 11.8 Å². The lowest BCUT2D eigenvalue weighted by Crippen LogP contribution is -2.01. The lowest BCUT2D eigenvalue weighted by molar-refractivity contribution is 0.566. The van der Waals surface area contributed by atoms with Gasteiger partial charge < -0.3 is 0 Å². The monoisotopic (exact) mass is 411 g/mol. The minimum atomic E-state index is -0.617. The molecule has 3 aromatic carbocycles. The highest BCUT2D eigenvalue weighted by molar-refractivity contribution is 7.98. The van der Waals surface area contributed by atoms with E-state index in [0.29, 0.717) is 16.5 Å². The molecule has 7 heteroatoms. The van der Waals surface area contributed by atoms with Crippen LogP contribution in [-0.2, 0) is 5.75 Å². The first-order chi connectivity index (χ1) is 14.0. The smallest absolute Gasteiger partial charge is 0.196 e. The van der Waals surface area contributed by atoms with Gasteiger partial charge in [0.15, 0.2) is 11.0 Å². The van der Waals surface area contributed by atoms with Crippen molar-refractivity contribution in [3.8, 4) is 17.1 Å². The molecule has 3 nitrogen and oxygen atoms in total. The fraction of sp³-hybridized carbons (Fsp3) is 0.0909. The largest absolute Gasteiger partial charge is 0.270 e. The van der Waals surface area contributed by atoms with Crippen molar-refractivity contribution in [3.63, 3.8) is 0 Å². The van der Waals surface area contributed by atoms with Crippen LogP contribution in [0, 0.1) is 24.4 Å². The van der Waals surface area contributed by atoms with Gasteiger partial charge in [0.1, 0.15) is 17.5 Å². The first-order valence-electron chi connectivity index (χ1n) is 8.87. The first kappa shape index (κ1) is 19.3. The quantitative estimate of drug-likeness (QED) is 0.380. The van der Waals surface area contributed by atoms with Gasteiger partial charge in [-0.3, -0.25) is 4.57 Å². The van der Waals surface area contributed by atoms with Crippen molar-refractivity contribution in [2.45, 2.75) is 17.8 Å². The number of thioether (sulfide) groups is 1. The minimum absolute atomic E-state index is 0.0276. The van der Waals surface area contributed by atoms with Crippen LogP contribution in [-0.4, -0.2) is 14.8 Å². The Morgan fingerprint density at radius 1 is 0.793 bits per heavy atom. The van der Waals surface area contributed by atoms with E-state index < -0.39 is 17.5 Å². The predicted octanol–water partition coefficient (Wildman–Crippen LogP) is 5.95. The summed E-state index contributed by atoms with van der Waals surface area (Å²) in [4.78, 5) is 0. The summed E-state index contributed by atoms with van der Waals surface area (Å²) in [5, 5.41) is 8.75. The normalized spacial score (nSPS) is 11.0. The molecule has 0 amide bonds. The summed E-state index contributed by atoms with van der Waals surface area (Å²) in [6.07, 6.45) is 0. The molecule has 0 N–H and O–H groups in total. The second kappa shape index (κ2) is 8.13. The Kier molecular flexibility index (Phi) is 5.40. The molecule has 146 valence electrons. The molecule has 4 rings (SSSR count). The molecular formula is C22H16F3N3S. The average Bonchev–Trinajstić information content (AvgIpc) is 3.12. The summed E-state index contributed by atoms with van der Waals surface area (Å²) < 4.78 is 44.1. The van der Waals surface area contributed by atoms with E-state index >= 15 is 0 Å². The number of aryl methyl sites for hydroxylation is 1. The van der Waals surface area contributed by atoms with Gasteiger partial charge in [-0.05, 0) is 43.3 Å². The van der Waals surface area contributed by atoms with E-state index in [-0.39, 0.29) is 11.3 Å². The maximum absolute atomic E-state index is 14.4. The van der Waals surface area contributed by atoms with Gasteiger partial charge >= 0.3 is 0 Å². The van der Waals surface area contributed by atoms with Gasteiger partial charge in [0, 0.05) is 17.0 Å². The molecule has 1 heterocycles. The molecule has 29 heavy (non-hydrogen) atoms. The SMILES string of the molecule is Cc1ccc(-n2c(SCc3c(F)cccc3F)nnc2-c2ccccc2F)cc1. The number of nitrogens with zero attached hydrogens (tertiary/aromatic N) is 3. The van der Waals surface area contributed by atoms with E-state index in [1.807, 2.05) is 31.2 Å². The molecule has 0 aliphatic carbocycles. The van der Waals surface area contributed by atoms with Crippen LogP contribution in [0.4, 0.5) is 13.2 Å². The van der Waals surface area contributed by atoms with Crippen LogP contribution in [0.15, 0.2) is 71.9 Å². The van der Waals surface area contributed by atoms with Crippen molar-refractivity contribution in [1.82, 2.24) is 14.8 Å². The maximum atomic E-state index is 14.4. The molecule has 0 saturated heterocycles. The third-order valence-corrected chi connectivity index (χ3v) is 5.40. The molecule has 1 aromatic heterocycles. The zero-order valence-corrected chi connectivity index (χ0v) is 16.3. The van der Waals surface area contributed by atoms with Gasteiger partial charge in [-0.25, -0.2) is 13.2 Å². The Balaban J connectivity index is 1.78. The summed E-state index contributed by atoms with van der Waals surface area (Å²) >= 11 is 1.14. The van der Waals surface area contributed by atoms with E-state index in [2.05, 4.69) is 10.2 Å². The van der Waals surface area contributed by atoms with Crippen LogP contribution in [0.25, 0.3) is 17.1 Å². The second-order valence-electron chi connectivity index (χ2n) is 6.45. The van der Waals surface area contributed by atoms with Crippen molar-refractivity contribution in [1.29, 1.82) is 0 Å². The standard InChI is InChI=1S/C22H16F3N3S/c1-14-9-11-15(12-10-14)28-21(16-5-2-3-6-18(16)23)26-27-22(28)29-13-17-19(24)7-4-8-20(17)25/h2-12H,13H2,1H3. The molecule has 4 aromatic rings. The number of hydrogen-bond donors (Lipinski definition) is 0. The molecular weight excluding hydrogens is 395 g/mol. The van der Waals surface area contributed by atoms with E-state index in [4.69, 9.17) is 0 Å². The highest BCUT2D eigenvalue weighted by Crippen LogP contribution is 2.31. The van der Waals surface area contributed by atoms with Crippen molar-refractivity contribution < 1.29 is 13.2 Å². The first-order valence-corrected chi connectivity index (χ1v) is 9.86. The molecule has 0 fully saturated rings. The van der Waals surface area contributed by atoms with Gasteiger partial charge in [-0.2, -0.15) is 0 Å². The molecule has 0 bridgehead atoms. The highest BCUT2D eigenvalue weighted by atomic mass is 32.2. The highest BCUT2D eigenvalue weighted by Gasteiger charge is 2.19. The maximum Gasteiger partial charge on any atom is 0.196 e. The van der Waals surface area contributed by atoms with Crippen LogP contribution < -0.4 is 0 Å². The summed E-state index contributed by atoms with van der Waals surface area (Å²) in [5.74, 6) is -1.31. The molecule has 0 saturated carbocycles. The fourth-order valence-corrected chi connectivity index (χ4v) is 3.88. The summed E-state index contributed by atoms with van der Waals surface area (Å²) in [7, 11) is 0. The molecule has 0 aliphatic rings. The Morgan fingerprint density at radius 2 is 1.45 bits per heavy atom. The lowest BCUT2D eigenvalue weighted by Gasteiger charge is -2.11. The average molecular weight is 411 g/mol. The van der Waals surface area contributed by atoms with Gasteiger partial charge in [-0.1, -0.05) is 47.7 Å². The number of rotatable bonds is 5. The van der Waals surface area contributed by atoms with Crippen LogP contribution in [0.2, 0.25) is 0 Å². The molecule has 0 radical (unpaired) electrons. The van der Waals surface area contributed by atoms with Crippen LogP contribution in [0.3, 0.4) is 0 Å². The van der Waals surface area contributed by atoms with E-state index in [9.17, 15) is 13.2 Å². The Hall–Kier alpha value is -3.06. The molecule has 0 spiro atoms. The lowest BCUT2D eigenvalue weighted by atomic mass is 10.2. The zero-order chi connectivity index (χ0) is 20.4. The van der Waals surface area contributed by atoms with Crippen LogP contribution in [0.5, 0.6) is 0 Å². The fourth-order valence-electron chi connectivity index (χ4n) is 2.91. The van der Waals surface area contributed by atoms with E-state index in [0.717, 1.165) is 23.0 Å². The Labute approximate surface area is 170 Å². The number of benzene rings is 3. The topological polar surface area (TPSA) is 30.7 Å². The summed E-state index contributed by atoms with van der Waals surface area (Å²) in [6, 6.07) is 17.6. The summed E-state index contributed by atoms with van der Waals surface area (Å²) in [6.45, 7) is 1.96. The summed E-state index contributed by atoms with van der Waals surface area (Å²) in [5.41, 5.74) is 2.06. The van der Waals surface area contributed by atoms with Crippen molar-refractivity contribution in [2.24, 2.45) is 0 Å².